The molecule has 0 bridgehead atoms. The van der Waals surface area contributed by atoms with Gasteiger partial charge < -0.3 is 15.8 Å². The van der Waals surface area contributed by atoms with E-state index < -0.39 is 6.04 Å². The minimum Gasteiger partial charge on any atom is -0.381 e. The number of rotatable bonds is 6. The number of carbonyl (C=O) groups is 1. The molecule has 1 unspecified atom stereocenters. The maximum atomic E-state index is 11.9. The summed E-state index contributed by atoms with van der Waals surface area (Å²) in [5.41, 5.74) is 7.03. The Balaban J connectivity index is 0.00000220. The van der Waals surface area contributed by atoms with E-state index in [1.165, 1.54) is 0 Å². The van der Waals surface area contributed by atoms with Gasteiger partial charge in [-0.3, -0.25) is 4.79 Å². The molecule has 1 saturated heterocycles. The summed E-state index contributed by atoms with van der Waals surface area (Å²) in [5.74, 6) is 0.621. The molecule has 0 spiro atoms. The molecule has 1 atom stereocenters. The Bertz CT molecular complexity index is 408. The summed E-state index contributed by atoms with van der Waals surface area (Å²) in [7, 11) is 0. The zero-order valence-corrected chi connectivity index (χ0v) is 13.1. The molecule has 5 heteroatoms. The van der Waals surface area contributed by atoms with Gasteiger partial charge >= 0.3 is 0 Å². The number of nitrogens with one attached hydrogen (secondary N) is 1. The van der Waals surface area contributed by atoms with E-state index >= 15 is 0 Å². The van der Waals surface area contributed by atoms with Gasteiger partial charge in [0.15, 0.2) is 0 Å². The number of benzene rings is 1. The van der Waals surface area contributed by atoms with Crippen molar-refractivity contribution in [3.05, 3.63) is 35.9 Å². The molecule has 0 radical (unpaired) electrons. The predicted octanol–water partition coefficient (Wildman–Crippen LogP) is 1.91. The molecule has 21 heavy (non-hydrogen) atoms. The Hall–Kier alpha value is -1.10. The van der Waals surface area contributed by atoms with Crippen molar-refractivity contribution in [1.29, 1.82) is 0 Å². The molecule has 1 heterocycles. The molecular weight excluding hydrogens is 288 g/mol. The van der Waals surface area contributed by atoms with Gasteiger partial charge in [-0.2, -0.15) is 0 Å². The number of amides is 1. The molecular formula is C16H25ClN2O2. The first-order valence-corrected chi connectivity index (χ1v) is 7.40. The fraction of sp³-hybridized carbons (Fsp3) is 0.562. The molecule has 0 saturated carbocycles. The van der Waals surface area contributed by atoms with Crippen molar-refractivity contribution in [2.45, 2.75) is 31.7 Å². The molecule has 1 amide bonds. The topological polar surface area (TPSA) is 64.4 Å². The van der Waals surface area contributed by atoms with Crippen LogP contribution in [0.3, 0.4) is 0 Å². The summed E-state index contributed by atoms with van der Waals surface area (Å²) in [6, 6.07) is 9.41. The van der Waals surface area contributed by atoms with E-state index in [0.717, 1.165) is 38.0 Å². The van der Waals surface area contributed by atoms with Crippen molar-refractivity contribution in [2.75, 3.05) is 19.8 Å². The van der Waals surface area contributed by atoms with E-state index in [9.17, 15) is 4.79 Å². The highest BCUT2D eigenvalue weighted by molar-refractivity contribution is 5.85. The maximum Gasteiger partial charge on any atom is 0.237 e. The Morgan fingerprint density at radius 1 is 1.29 bits per heavy atom. The molecule has 0 aromatic heterocycles. The van der Waals surface area contributed by atoms with Gasteiger partial charge in [-0.25, -0.2) is 0 Å². The Morgan fingerprint density at radius 3 is 2.62 bits per heavy atom. The van der Waals surface area contributed by atoms with E-state index in [4.69, 9.17) is 10.5 Å². The lowest BCUT2D eigenvalue weighted by Crippen LogP contribution is -2.42. The zero-order chi connectivity index (χ0) is 14.2. The van der Waals surface area contributed by atoms with E-state index in [2.05, 4.69) is 5.32 Å². The summed E-state index contributed by atoms with van der Waals surface area (Å²) in [6.07, 6.45) is 3.81. The number of carbonyl (C=O) groups excluding carboxylic acids is 1. The van der Waals surface area contributed by atoms with Crippen LogP contribution in [0.1, 0.15) is 24.8 Å². The minimum absolute atomic E-state index is 0. The van der Waals surface area contributed by atoms with Crippen LogP contribution < -0.4 is 11.1 Å². The third-order valence-corrected chi connectivity index (χ3v) is 3.83. The average Bonchev–Trinajstić information content (AvgIpc) is 2.49. The van der Waals surface area contributed by atoms with Crippen molar-refractivity contribution in [1.82, 2.24) is 5.32 Å². The smallest absolute Gasteiger partial charge is 0.237 e. The number of nitrogens with two attached hydrogens (primary N) is 1. The van der Waals surface area contributed by atoms with Gasteiger partial charge in [-0.15, -0.1) is 12.4 Å². The first-order chi connectivity index (χ1) is 9.75. The van der Waals surface area contributed by atoms with Crippen LogP contribution in [0.15, 0.2) is 30.3 Å². The fourth-order valence-electron chi connectivity index (χ4n) is 2.53. The van der Waals surface area contributed by atoms with E-state index in [0.29, 0.717) is 18.9 Å². The quantitative estimate of drug-likeness (QED) is 0.843. The first kappa shape index (κ1) is 18.0. The molecule has 4 nitrogen and oxygen atoms in total. The summed E-state index contributed by atoms with van der Waals surface area (Å²) < 4.78 is 5.32. The molecule has 118 valence electrons. The molecule has 2 rings (SSSR count). The molecule has 1 fully saturated rings. The third kappa shape index (κ3) is 6.46. The standard InChI is InChI=1S/C16H24N2O2.ClH/c17-15(12-14-4-2-1-3-5-14)16(19)18-9-6-13-7-10-20-11-8-13;/h1-5,13,15H,6-12,17H2,(H,18,19);1H. The van der Waals surface area contributed by atoms with Gasteiger partial charge in [-0.1, -0.05) is 30.3 Å². The van der Waals surface area contributed by atoms with Crippen LogP contribution in [0.2, 0.25) is 0 Å². The number of hydrogen-bond acceptors (Lipinski definition) is 3. The van der Waals surface area contributed by atoms with E-state index in [-0.39, 0.29) is 18.3 Å². The second-order valence-electron chi connectivity index (χ2n) is 5.43. The highest BCUT2D eigenvalue weighted by atomic mass is 35.5. The van der Waals surface area contributed by atoms with Gasteiger partial charge in [0.1, 0.15) is 0 Å². The van der Waals surface area contributed by atoms with Crippen molar-refractivity contribution < 1.29 is 9.53 Å². The summed E-state index contributed by atoms with van der Waals surface area (Å²) in [4.78, 5) is 11.9. The van der Waals surface area contributed by atoms with Crippen molar-refractivity contribution in [3.63, 3.8) is 0 Å². The Morgan fingerprint density at radius 2 is 1.95 bits per heavy atom. The van der Waals surface area contributed by atoms with Gasteiger partial charge in [-0.05, 0) is 37.2 Å². The number of ether oxygens (including phenoxy) is 1. The summed E-state index contributed by atoms with van der Waals surface area (Å²) >= 11 is 0. The van der Waals surface area contributed by atoms with Gasteiger partial charge in [0.25, 0.3) is 0 Å². The van der Waals surface area contributed by atoms with Crippen LogP contribution in [0.5, 0.6) is 0 Å². The van der Waals surface area contributed by atoms with Crippen LogP contribution in [-0.4, -0.2) is 31.7 Å². The average molecular weight is 313 g/mol. The maximum absolute atomic E-state index is 11.9. The molecule has 1 aliphatic heterocycles. The zero-order valence-electron chi connectivity index (χ0n) is 12.3. The second kappa shape index (κ2) is 9.77. The Kier molecular flexibility index (Phi) is 8.35. The highest BCUT2D eigenvalue weighted by Gasteiger charge is 2.16. The largest absolute Gasteiger partial charge is 0.381 e. The lowest BCUT2D eigenvalue weighted by Gasteiger charge is -2.22. The van der Waals surface area contributed by atoms with Crippen LogP contribution in [0.25, 0.3) is 0 Å². The Labute approximate surface area is 132 Å². The van der Waals surface area contributed by atoms with Crippen LogP contribution in [-0.2, 0) is 16.0 Å². The second-order valence-corrected chi connectivity index (χ2v) is 5.43. The lowest BCUT2D eigenvalue weighted by atomic mass is 9.96. The molecule has 1 aromatic rings. The van der Waals surface area contributed by atoms with Crippen molar-refractivity contribution >= 4 is 18.3 Å². The third-order valence-electron chi connectivity index (χ3n) is 3.83. The molecule has 1 aliphatic rings. The SMILES string of the molecule is Cl.NC(Cc1ccccc1)C(=O)NCCC1CCOCC1. The first-order valence-electron chi connectivity index (χ1n) is 7.40. The lowest BCUT2D eigenvalue weighted by molar-refractivity contribution is -0.122. The van der Waals surface area contributed by atoms with Crippen LogP contribution in [0.4, 0.5) is 0 Å². The summed E-state index contributed by atoms with van der Waals surface area (Å²) in [5, 5.41) is 2.95. The van der Waals surface area contributed by atoms with Crippen LogP contribution in [0, 0.1) is 5.92 Å². The monoisotopic (exact) mass is 312 g/mol. The van der Waals surface area contributed by atoms with Gasteiger partial charge in [0.2, 0.25) is 5.91 Å². The van der Waals surface area contributed by atoms with Gasteiger partial charge in [0.05, 0.1) is 6.04 Å². The fourth-order valence-corrected chi connectivity index (χ4v) is 2.53. The highest BCUT2D eigenvalue weighted by Crippen LogP contribution is 2.17. The molecule has 3 N–H and O–H groups in total. The predicted molar refractivity (Wildman–Crippen MR) is 86.5 cm³/mol. The number of hydrogen-bond donors (Lipinski definition) is 2. The number of halogens is 1. The summed E-state index contributed by atoms with van der Waals surface area (Å²) in [6.45, 7) is 2.42. The van der Waals surface area contributed by atoms with Crippen molar-refractivity contribution in [2.24, 2.45) is 11.7 Å². The van der Waals surface area contributed by atoms with Crippen molar-refractivity contribution in [3.8, 4) is 0 Å². The normalized spacial score (nSPS) is 16.8. The molecule has 1 aromatic carbocycles. The van der Waals surface area contributed by atoms with E-state index in [1.54, 1.807) is 0 Å². The minimum atomic E-state index is -0.466. The van der Waals surface area contributed by atoms with Gasteiger partial charge in [0, 0.05) is 19.8 Å². The van der Waals surface area contributed by atoms with Crippen LogP contribution >= 0.6 is 12.4 Å². The van der Waals surface area contributed by atoms with E-state index in [1.807, 2.05) is 30.3 Å². The molecule has 0 aliphatic carbocycles.